The summed E-state index contributed by atoms with van der Waals surface area (Å²) in [6.07, 6.45) is 1.68. The number of hydrogen-bond donors (Lipinski definition) is 0. The molecular weight excluding hydrogens is 244 g/mol. The maximum atomic E-state index is 5.53. The van der Waals surface area contributed by atoms with Crippen LogP contribution in [0, 0.1) is 0 Å². The van der Waals surface area contributed by atoms with Crippen molar-refractivity contribution in [3.05, 3.63) is 35.0 Å². The van der Waals surface area contributed by atoms with Crippen LogP contribution in [-0.4, -0.2) is 7.11 Å². The second-order valence-electron chi connectivity index (χ2n) is 2.88. The molecule has 14 heavy (non-hydrogen) atoms. The van der Waals surface area contributed by atoms with Crippen molar-refractivity contribution in [2.45, 2.75) is 0 Å². The van der Waals surface area contributed by atoms with Gasteiger partial charge in [-0.3, -0.25) is 0 Å². The fraction of sp³-hybridized carbons (Fsp3) is 0.0909. The Balaban J connectivity index is 2.73. The van der Waals surface area contributed by atoms with Gasteiger partial charge in [0.25, 0.3) is 0 Å². The second kappa shape index (κ2) is 3.50. The molecule has 0 N–H and O–H groups in total. The van der Waals surface area contributed by atoms with E-state index in [2.05, 4.69) is 22.5 Å². The zero-order valence-electron chi connectivity index (χ0n) is 7.71. The second-order valence-corrected chi connectivity index (χ2v) is 3.73. The molecule has 0 fully saturated rings. The highest BCUT2D eigenvalue weighted by molar-refractivity contribution is 9.10. The molecule has 0 atom stereocenters. The van der Waals surface area contributed by atoms with Crippen LogP contribution >= 0.6 is 15.9 Å². The minimum Gasteiger partial charge on any atom is -0.497 e. The van der Waals surface area contributed by atoms with Crippen LogP contribution in [-0.2, 0) is 0 Å². The van der Waals surface area contributed by atoms with Crippen LogP contribution in [0.25, 0.3) is 17.0 Å². The summed E-state index contributed by atoms with van der Waals surface area (Å²) in [4.78, 5) is 0. The van der Waals surface area contributed by atoms with Crippen LogP contribution in [0.15, 0.2) is 33.7 Å². The fourth-order valence-corrected chi connectivity index (χ4v) is 1.86. The summed E-state index contributed by atoms with van der Waals surface area (Å²) >= 11 is 3.42. The standard InChI is InChI=1S/C11H9BrO2/c1-3-8-4-7-5-9(13-2)6-10(12)11(7)14-8/h3-6H,1H2,2H3. The number of furan rings is 1. The predicted molar refractivity (Wildman–Crippen MR) is 60.6 cm³/mol. The van der Waals surface area contributed by atoms with Crippen molar-refractivity contribution in [2.75, 3.05) is 7.11 Å². The molecule has 2 nitrogen and oxygen atoms in total. The Labute approximate surface area is 90.3 Å². The molecule has 1 heterocycles. The summed E-state index contributed by atoms with van der Waals surface area (Å²) in [5, 5.41) is 1.01. The Morgan fingerprint density at radius 3 is 2.86 bits per heavy atom. The molecule has 3 heteroatoms. The van der Waals surface area contributed by atoms with Gasteiger partial charge in [-0.1, -0.05) is 6.58 Å². The highest BCUT2D eigenvalue weighted by Gasteiger charge is 2.07. The van der Waals surface area contributed by atoms with Crippen molar-refractivity contribution in [2.24, 2.45) is 0 Å². The smallest absolute Gasteiger partial charge is 0.149 e. The van der Waals surface area contributed by atoms with Crippen LogP contribution in [0.4, 0.5) is 0 Å². The van der Waals surface area contributed by atoms with Crippen LogP contribution in [0.1, 0.15) is 5.76 Å². The third-order valence-electron chi connectivity index (χ3n) is 2.00. The normalized spacial score (nSPS) is 10.4. The Morgan fingerprint density at radius 1 is 1.43 bits per heavy atom. The molecule has 0 unspecified atom stereocenters. The van der Waals surface area contributed by atoms with Crippen LogP contribution < -0.4 is 4.74 Å². The molecule has 0 bridgehead atoms. The van der Waals surface area contributed by atoms with Gasteiger partial charge in [0.15, 0.2) is 0 Å². The molecule has 0 aliphatic carbocycles. The van der Waals surface area contributed by atoms with E-state index in [1.807, 2.05) is 18.2 Å². The minimum atomic E-state index is 0.758. The Kier molecular flexibility index (Phi) is 2.33. The van der Waals surface area contributed by atoms with Crippen LogP contribution in [0.5, 0.6) is 5.75 Å². The maximum Gasteiger partial charge on any atom is 0.149 e. The molecule has 0 aliphatic rings. The first kappa shape index (κ1) is 9.34. The topological polar surface area (TPSA) is 22.4 Å². The van der Waals surface area contributed by atoms with Gasteiger partial charge in [-0.15, -0.1) is 0 Å². The number of fused-ring (bicyclic) bond motifs is 1. The molecule has 2 rings (SSSR count). The van der Waals surface area contributed by atoms with Gasteiger partial charge in [0.05, 0.1) is 11.6 Å². The van der Waals surface area contributed by atoms with Gasteiger partial charge in [-0.25, -0.2) is 0 Å². The fourth-order valence-electron chi connectivity index (χ4n) is 1.32. The molecule has 1 aromatic carbocycles. The summed E-state index contributed by atoms with van der Waals surface area (Å²) in [5.74, 6) is 1.56. The van der Waals surface area contributed by atoms with E-state index in [1.54, 1.807) is 13.2 Å². The first-order valence-electron chi connectivity index (χ1n) is 4.14. The largest absolute Gasteiger partial charge is 0.497 e. The third kappa shape index (κ3) is 1.44. The molecule has 0 saturated heterocycles. The average molecular weight is 253 g/mol. The lowest BCUT2D eigenvalue weighted by molar-refractivity contribution is 0.415. The van der Waals surface area contributed by atoms with Gasteiger partial charge in [-0.2, -0.15) is 0 Å². The van der Waals surface area contributed by atoms with Crippen molar-refractivity contribution in [1.82, 2.24) is 0 Å². The maximum absolute atomic E-state index is 5.53. The zero-order chi connectivity index (χ0) is 10.1. The summed E-state index contributed by atoms with van der Waals surface area (Å²) in [6.45, 7) is 3.66. The molecule has 2 aromatic rings. The lowest BCUT2D eigenvalue weighted by Gasteiger charge is -1.99. The third-order valence-corrected chi connectivity index (χ3v) is 2.59. The molecule has 72 valence electrons. The number of rotatable bonds is 2. The van der Waals surface area contributed by atoms with Crippen LogP contribution in [0.2, 0.25) is 0 Å². The lowest BCUT2D eigenvalue weighted by Crippen LogP contribution is -1.81. The summed E-state index contributed by atoms with van der Waals surface area (Å²) < 4.78 is 11.6. The summed E-state index contributed by atoms with van der Waals surface area (Å²) in [7, 11) is 1.64. The highest BCUT2D eigenvalue weighted by Crippen LogP contribution is 2.31. The van der Waals surface area contributed by atoms with Gasteiger partial charge < -0.3 is 9.15 Å². The molecule has 0 saturated carbocycles. The molecule has 0 radical (unpaired) electrons. The Hall–Kier alpha value is -1.22. The van der Waals surface area contributed by atoms with E-state index < -0.39 is 0 Å². The quantitative estimate of drug-likeness (QED) is 0.811. The summed E-state index contributed by atoms with van der Waals surface area (Å²) in [6, 6.07) is 5.73. The first-order valence-corrected chi connectivity index (χ1v) is 4.93. The Morgan fingerprint density at radius 2 is 2.21 bits per heavy atom. The molecule has 0 spiro atoms. The van der Waals surface area contributed by atoms with Crippen molar-refractivity contribution in [3.8, 4) is 5.75 Å². The molecule has 0 amide bonds. The monoisotopic (exact) mass is 252 g/mol. The Bertz CT molecular complexity index is 485. The molecule has 0 aliphatic heterocycles. The van der Waals surface area contributed by atoms with E-state index in [1.165, 1.54) is 0 Å². The van der Waals surface area contributed by atoms with E-state index in [0.717, 1.165) is 27.0 Å². The van der Waals surface area contributed by atoms with Gasteiger partial charge in [0.1, 0.15) is 17.1 Å². The van der Waals surface area contributed by atoms with Crippen molar-refractivity contribution < 1.29 is 9.15 Å². The SMILES string of the molecule is C=Cc1cc2cc(OC)cc(Br)c2o1. The summed E-state index contributed by atoms with van der Waals surface area (Å²) in [5.41, 5.74) is 0.820. The number of methoxy groups -OCH3 is 1. The van der Waals surface area contributed by atoms with Crippen molar-refractivity contribution in [1.29, 1.82) is 0 Å². The molecule has 1 aromatic heterocycles. The number of benzene rings is 1. The van der Waals surface area contributed by atoms with E-state index in [4.69, 9.17) is 9.15 Å². The van der Waals surface area contributed by atoms with Gasteiger partial charge >= 0.3 is 0 Å². The van der Waals surface area contributed by atoms with Gasteiger partial charge in [-0.05, 0) is 40.2 Å². The van der Waals surface area contributed by atoms with Crippen LogP contribution in [0.3, 0.4) is 0 Å². The molecular formula is C11H9BrO2. The number of ether oxygens (including phenoxy) is 1. The minimum absolute atomic E-state index is 0.758. The van der Waals surface area contributed by atoms with E-state index >= 15 is 0 Å². The van der Waals surface area contributed by atoms with Gasteiger partial charge in [0.2, 0.25) is 0 Å². The van der Waals surface area contributed by atoms with E-state index in [-0.39, 0.29) is 0 Å². The average Bonchev–Trinajstić information content (AvgIpc) is 2.61. The van der Waals surface area contributed by atoms with E-state index in [9.17, 15) is 0 Å². The van der Waals surface area contributed by atoms with Crippen molar-refractivity contribution >= 4 is 33.0 Å². The number of halogens is 1. The zero-order valence-corrected chi connectivity index (χ0v) is 9.30. The lowest BCUT2D eigenvalue weighted by atomic mass is 10.2. The van der Waals surface area contributed by atoms with E-state index in [0.29, 0.717) is 0 Å². The predicted octanol–water partition coefficient (Wildman–Crippen LogP) is 3.85. The number of hydrogen-bond acceptors (Lipinski definition) is 2. The van der Waals surface area contributed by atoms with Crippen molar-refractivity contribution in [3.63, 3.8) is 0 Å². The first-order chi connectivity index (χ1) is 6.74. The van der Waals surface area contributed by atoms with Gasteiger partial charge in [0, 0.05) is 5.39 Å². The highest BCUT2D eigenvalue weighted by atomic mass is 79.9.